The smallest absolute Gasteiger partial charge is 0.327 e. The lowest BCUT2D eigenvalue weighted by Crippen LogP contribution is -2.64. The molecule has 4 heteroatoms. The molecule has 3 rings (SSSR count). The predicted molar refractivity (Wildman–Crippen MR) is 93.3 cm³/mol. The summed E-state index contributed by atoms with van der Waals surface area (Å²) < 4.78 is 10.8. The first-order valence-corrected chi connectivity index (χ1v) is 7.82. The average molecular weight is 323 g/mol. The molecule has 0 radical (unpaired) electrons. The van der Waals surface area contributed by atoms with Gasteiger partial charge in [-0.3, -0.25) is 9.59 Å². The summed E-state index contributed by atoms with van der Waals surface area (Å²) in [6.45, 7) is 7.37. The van der Waals surface area contributed by atoms with Crippen molar-refractivity contribution in [1.82, 2.24) is 0 Å². The lowest BCUT2D eigenvalue weighted by Gasteiger charge is -2.15. The fraction of sp³-hybridized carbons (Fsp3) is 0.250. The molecule has 0 aliphatic carbocycles. The minimum absolute atomic E-state index is 0.0942. The van der Waals surface area contributed by atoms with Crippen LogP contribution in [-0.4, -0.2) is 0 Å². The minimum Gasteiger partial charge on any atom is -0.467 e. The van der Waals surface area contributed by atoms with Crippen molar-refractivity contribution in [3.8, 4) is 0 Å². The molecular weight excluding hydrogens is 304 g/mol. The Balaban J connectivity index is 2.04. The Hall–Kier alpha value is -2.75. The van der Waals surface area contributed by atoms with Gasteiger partial charge in [-0.25, -0.2) is 4.42 Å². The lowest BCUT2D eigenvalue weighted by molar-refractivity contribution is 0.296. The number of aryl methyl sites for hydroxylation is 2. The Morgan fingerprint density at radius 2 is 1.46 bits per heavy atom. The second-order valence-corrected chi connectivity index (χ2v) is 6.14. The van der Waals surface area contributed by atoms with Gasteiger partial charge in [0.05, 0.1) is 35.8 Å². The van der Waals surface area contributed by atoms with E-state index in [2.05, 4.69) is 0 Å². The summed E-state index contributed by atoms with van der Waals surface area (Å²) in [4.78, 5) is 24.7. The van der Waals surface area contributed by atoms with Gasteiger partial charge in [0.2, 0.25) is 10.9 Å². The molecule has 0 spiro atoms. The van der Waals surface area contributed by atoms with E-state index in [1.165, 1.54) is 0 Å². The Kier molecular flexibility index (Phi) is 4.06. The molecule has 24 heavy (non-hydrogen) atoms. The first-order chi connectivity index (χ1) is 11.3. The largest absolute Gasteiger partial charge is 0.467 e. The van der Waals surface area contributed by atoms with Gasteiger partial charge < -0.3 is 4.74 Å². The molecule has 2 heterocycles. The number of allylic oxidation sites excluding steroid dienone is 4. The van der Waals surface area contributed by atoms with E-state index >= 15 is 0 Å². The molecule has 0 N–H and O–H groups in total. The molecule has 122 valence electrons. The van der Waals surface area contributed by atoms with Crippen LogP contribution < -0.4 is 21.3 Å². The highest BCUT2D eigenvalue weighted by molar-refractivity contribution is 5.52. The highest BCUT2D eigenvalue weighted by Crippen LogP contribution is 2.19. The molecule has 0 unspecified atom stereocenters. The van der Waals surface area contributed by atoms with E-state index < -0.39 is 0 Å². The summed E-state index contributed by atoms with van der Waals surface area (Å²) in [5.74, 6) is 2.92. The molecule has 1 aromatic heterocycles. The normalized spacial score (nSPS) is 14.8. The Labute approximate surface area is 139 Å². The van der Waals surface area contributed by atoms with Crippen molar-refractivity contribution in [2.45, 2.75) is 27.7 Å². The van der Waals surface area contributed by atoms with Gasteiger partial charge in [-0.05, 0) is 37.6 Å². The molecule has 4 nitrogen and oxygen atoms in total. The average Bonchev–Trinajstić information content (AvgIpc) is 2.48. The SMILES string of the molecule is CC1=CC(C=c2c(=O)c(=Cc3cc(C)[o+]c(C)c3)c2=O)C=C(C)O1. The predicted octanol–water partition coefficient (Wildman–Crippen LogP) is 1.84. The number of ether oxygens (including phenoxy) is 1. The summed E-state index contributed by atoms with van der Waals surface area (Å²) >= 11 is 0. The van der Waals surface area contributed by atoms with Crippen molar-refractivity contribution in [2.24, 2.45) is 5.92 Å². The highest BCUT2D eigenvalue weighted by atomic mass is 16.5. The fourth-order valence-electron chi connectivity index (χ4n) is 2.99. The maximum Gasteiger partial charge on any atom is 0.327 e. The fourth-order valence-corrected chi connectivity index (χ4v) is 2.99. The van der Waals surface area contributed by atoms with Crippen LogP contribution in [0.25, 0.3) is 12.2 Å². The van der Waals surface area contributed by atoms with Gasteiger partial charge in [-0.15, -0.1) is 0 Å². The van der Waals surface area contributed by atoms with Gasteiger partial charge in [0.25, 0.3) is 0 Å². The molecule has 0 amide bonds. The van der Waals surface area contributed by atoms with Crippen LogP contribution in [0.1, 0.15) is 30.9 Å². The van der Waals surface area contributed by atoms with Crippen LogP contribution >= 0.6 is 0 Å². The molecule has 0 atom stereocenters. The summed E-state index contributed by atoms with van der Waals surface area (Å²) in [5, 5.41) is 0.468. The molecule has 1 aliphatic heterocycles. The van der Waals surface area contributed by atoms with E-state index in [0.717, 1.165) is 28.6 Å². The second kappa shape index (κ2) is 6.04. The molecule has 0 bridgehead atoms. The molecular formula is C20H19O4+. The van der Waals surface area contributed by atoms with Crippen molar-refractivity contribution in [3.05, 3.63) is 83.8 Å². The third-order valence-corrected chi connectivity index (χ3v) is 3.89. The third-order valence-electron chi connectivity index (χ3n) is 3.89. The van der Waals surface area contributed by atoms with E-state index in [-0.39, 0.29) is 27.2 Å². The first kappa shape index (κ1) is 16.1. The van der Waals surface area contributed by atoms with Crippen LogP contribution in [0.15, 0.2) is 49.8 Å². The maximum absolute atomic E-state index is 12.3. The summed E-state index contributed by atoms with van der Waals surface area (Å²) in [6.07, 6.45) is 7.10. The van der Waals surface area contributed by atoms with E-state index in [9.17, 15) is 9.59 Å². The van der Waals surface area contributed by atoms with E-state index in [0.29, 0.717) is 0 Å². The summed E-state index contributed by atoms with van der Waals surface area (Å²) in [5.41, 5.74) is 0.379. The topological polar surface area (TPSA) is 54.7 Å². The van der Waals surface area contributed by atoms with Crippen molar-refractivity contribution in [3.63, 3.8) is 0 Å². The van der Waals surface area contributed by atoms with Gasteiger partial charge in [0.1, 0.15) is 0 Å². The minimum atomic E-state index is -0.209. The monoisotopic (exact) mass is 323 g/mol. The highest BCUT2D eigenvalue weighted by Gasteiger charge is 2.14. The molecule has 0 saturated heterocycles. The van der Waals surface area contributed by atoms with Crippen molar-refractivity contribution < 1.29 is 9.15 Å². The van der Waals surface area contributed by atoms with Crippen LogP contribution in [0.5, 0.6) is 0 Å². The zero-order valence-electron chi connectivity index (χ0n) is 14.2. The van der Waals surface area contributed by atoms with E-state index in [4.69, 9.17) is 9.15 Å². The number of hydrogen-bond acceptors (Lipinski definition) is 3. The first-order valence-electron chi connectivity index (χ1n) is 7.82. The Morgan fingerprint density at radius 1 is 0.917 bits per heavy atom. The van der Waals surface area contributed by atoms with Gasteiger partial charge >= 0.3 is 11.5 Å². The molecule has 1 aliphatic rings. The lowest BCUT2D eigenvalue weighted by atomic mass is 10.0. The summed E-state index contributed by atoms with van der Waals surface area (Å²) in [6, 6.07) is 3.61. The molecule has 2 aromatic rings. The Bertz CT molecular complexity index is 990. The standard InChI is InChI=1S/C20H19O4/c1-11-5-15(6-12(2)23-11)9-17-19(21)18(20(17)22)10-16-7-13(3)24-14(4)8-16/h5-10,15H,1-4H3/q+1. The Morgan fingerprint density at radius 3 is 2.00 bits per heavy atom. The van der Waals surface area contributed by atoms with Crippen LogP contribution in [-0.2, 0) is 4.74 Å². The number of hydrogen-bond donors (Lipinski definition) is 0. The van der Waals surface area contributed by atoms with Gasteiger partial charge in [-0.1, -0.05) is 6.08 Å². The zero-order chi connectivity index (χ0) is 17.4. The van der Waals surface area contributed by atoms with Crippen LogP contribution in [0.3, 0.4) is 0 Å². The van der Waals surface area contributed by atoms with Crippen LogP contribution in [0, 0.1) is 19.8 Å². The summed E-state index contributed by atoms with van der Waals surface area (Å²) in [7, 11) is 0. The third kappa shape index (κ3) is 3.13. The van der Waals surface area contributed by atoms with E-state index in [1.807, 2.05) is 39.8 Å². The maximum atomic E-state index is 12.3. The van der Waals surface area contributed by atoms with Crippen LogP contribution in [0.2, 0.25) is 0 Å². The zero-order valence-corrected chi connectivity index (χ0v) is 14.2. The second-order valence-electron chi connectivity index (χ2n) is 6.14. The van der Waals surface area contributed by atoms with Crippen molar-refractivity contribution >= 4 is 12.2 Å². The van der Waals surface area contributed by atoms with Crippen molar-refractivity contribution in [2.75, 3.05) is 0 Å². The van der Waals surface area contributed by atoms with Gasteiger partial charge in [0, 0.05) is 18.1 Å². The van der Waals surface area contributed by atoms with E-state index in [1.54, 1.807) is 24.3 Å². The molecule has 0 saturated carbocycles. The van der Waals surface area contributed by atoms with Crippen LogP contribution in [0.4, 0.5) is 0 Å². The quantitative estimate of drug-likeness (QED) is 0.791. The molecule has 0 fully saturated rings. The van der Waals surface area contributed by atoms with Crippen molar-refractivity contribution in [1.29, 1.82) is 0 Å². The molecule has 1 aromatic carbocycles. The van der Waals surface area contributed by atoms with Gasteiger partial charge in [0.15, 0.2) is 0 Å². The van der Waals surface area contributed by atoms with Gasteiger partial charge in [-0.2, -0.15) is 0 Å². The number of rotatable bonds is 2.